The highest BCUT2D eigenvalue weighted by atomic mass is 32.2. The second kappa shape index (κ2) is 8.43. The zero-order valence-electron chi connectivity index (χ0n) is 17.5. The molecule has 8 heteroatoms. The fraction of sp³-hybridized carbons (Fsp3) is 0.391. The van der Waals surface area contributed by atoms with Gasteiger partial charge in [-0.2, -0.15) is 0 Å². The lowest BCUT2D eigenvalue weighted by Gasteiger charge is -2.31. The summed E-state index contributed by atoms with van der Waals surface area (Å²) in [7, 11) is -3.06. The van der Waals surface area contributed by atoms with E-state index in [4.69, 9.17) is 0 Å². The number of carbonyl (C=O) groups excluding carboxylic acids is 2. The van der Waals surface area contributed by atoms with E-state index in [1.807, 2.05) is 72.5 Å². The number of hydrogen-bond acceptors (Lipinski definition) is 5. The number of imide groups is 1. The van der Waals surface area contributed by atoms with Crippen molar-refractivity contribution >= 4 is 21.8 Å². The molecule has 31 heavy (non-hydrogen) atoms. The summed E-state index contributed by atoms with van der Waals surface area (Å²) in [6.45, 7) is 2.54. The van der Waals surface area contributed by atoms with Crippen molar-refractivity contribution in [1.29, 1.82) is 0 Å². The van der Waals surface area contributed by atoms with Crippen molar-refractivity contribution in [3.05, 3.63) is 71.8 Å². The average Bonchev–Trinajstić information content (AvgIpc) is 3.24. The minimum Gasteiger partial charge on any atom is -0.319 e. The Bertz CT molecular complexity index is 1060. The first kappa shape index (κ1) is 21.5. The first-order valence-electron chi connectivity index (χ1n) is 10.5. The van der Waals surface area contributed by atoms with Gasteiger partial charge < -0.3 is 5.32 Å². The van der Waals surface area contributed by atoms with E-state index in [1.165, 1.54) is 4.90 Å². The van der Waals surface area contributed by atoms with Crippen LogP contribution in [-0.4, -0.2) is 60.9 Å². The van der Waals surface area contributed by atoms with Gasteiger partial charge in [-0.05, 0) is 24.1 Å². The van der Waals surface area contributed by atoms with Crippen molar-refractivity contribution in [3.63, 3.8) is 0 Å². The highest BCUT2D eigenvalue weighted by Gasteiger charge is 2.53. The van der Waals surface area contributed by atoms with Crippen molar-refractivity contribution in [2.45, 2.75) is 31.3 Å². The topological polar surface area (TPSA) is 86.8 Å². The Hall–Kier alpha value is -2.71. The Labute approximate surface area is 183 Å². The van der Waals surface area contributed by atoms with E-state index in [0.29, 0.717) is 19.4 Å². The number of amides is 3. The molecule has 1 N–H and O–H groups in total. The molecule has 0 unspecified atom stereocenters. The lowest BCUT2D eigenvalue weighted by molar-refractivity contribution is -0.133. The number of nitrogens with one attached hydrogen (secondary N) is 1. The van der Waals surface area contributed by atoms with Crippen LogP contribution < -0.4 is 5.32 Å². The van der Waals surface area contributed by atoms with Crippen LogP contribution in [0, 0.1) is 0 Å². The molecule has 0 aromatic heterocycles. The normalized spacial score (nSPS) is 25.2. The van der Waals surface area contributed by atoms with Gasteiger partial charge in [0.15, 0.2) is 15.4 Å². The molecule has 2 aromatic carbocycles. The van der Waals surface area contributed by atoms with Crippen molar-refractivity contribution in [1.82, 2.24) is 15.1 Å². The minimum absolute atomic E-state index is 0.0678. The Morgan fingerprint density at radius 3 is 2.29 bits per heavy atom. The molecule has 2 aromatic rings. The van der Waals surface area contributed by atoms with Crippen LogP contribution in [0.2, 0.25) is 0 Å². The van der Waals surface area contributed by atoms with Gasteiger partial charge in [0.05, 0.1) is 18.2 Å². The molecule has 2 heterocycles. The van der Waals surface area contributed by atoms with Crippen molar-refractivity contribution < 1.29 is 18.0 Å². The fourth-order valence-corrected chi connectivity index (χ4v) is 6.28. The van der Waals surface area contributed by atoms with Gasteiger partial charge in [0.25, 0.3) is 5.91 Å². The second-order valence-electron chi connectivity index (χ2n) is 8.20. The first-order chi connectivity index (χ1) is 14.8. The number of urea groups is 1. The Morgan fingerprint density at radius 2 is 1.71 bits per heavy atom. The maximum atomic E-state index is 13.7. The summed E-state index contributed by atoms with van der Waals surface area (Å²) in [5.41, 5.74) is 0.475. The van der Waals surface area contributed by atoms with Gasteiger partial charge in [-0.15, -0.1) is 0 Å². The SMILES string of the molecule is CCN(CN1C(=O)N[C@](Cc2ccccc2)(c2ccccc2)C1=O)[C@H]1CCS(=O)(=O)C1. The molecule has 2 aliphatic heterocycles. The summed E-state index contributed by atoms with van der Waals surface area (Å²) >= 11 is 0. The molecule has 4 rings (SSSR count). The van der Waals surface area contributed by atoms with E-state index in [-0.39, 0.29) is 30.1 Å². The van der Waals surface area contributed by atoms with Crippen LogP contribution in [0.3, 0.4) is 0 Å². The van der Waals surface area contributed by atoms with Crippen molar-refractivity contribution in [3.8, 4) is 0 Å². The first-order valence-corrected chi connectivity index (χ1v) is 12.3. The summed E-state index contributed by atoms with van der Waals surface area (Å²) in [6.07, 6.45) is 0.858. The summed E-state index contributed by atoms with van der Waals surface area (Å²) < 4.78 is 23.9. The highest BCUT2D eigenvalue weighted by molar-refractivity contribution is 7.91. The highest BCUT2D eigenvalue weighted by Crippen LogP contribution is 2.33. The third-order valence-corrected chi connectivity index (χ3v) is 7.96. The number of hydrogen-bond donors (Lipinski definition) is 1. The molecule has 164 valence electrons. The van der Waals surface area contributed by atoms with Crippen LogP contribution in [0.4, 0.5) is 4.79 Å². The maximum Gasteiger partial charge on any atom is 0.326 e. The molecule has 0 saturated carbocycles. The van der Waals surface area contributed by atoms with Gasteiger partial charge in [0.2, 0.25) is 0 Å². The average molecular weight is 442 g/mol. The molecular formula is C23H27N3O4S. The van der Waals surface area contributed by atoms with Crippen LogP contribution in [-0.2, 0) is 26.6 Å². The molecule has 2 saturated heterocycles. The molecule has 3 amide bonds. The number of rotatable bonds is 7. The van der Waals surface area contributed by atoms with E-state index in [9.17, 15) is 18.0 Å². The van der Waals surface area contributed by atoms with E-state index in [2.05, 4.69) is 5.32 Å². The lowest BCUT2D eigenvalue weighted by Crippen LogP contribution is -2.49. The van der Waals surface area contributed by atoms with Gasteiger partial charge in [-0.3, -0.25) is 9.69 Å². The molecule has 0 radical (unpaired) electrons. The Balaban J connectivity index is 1.64. The van der Waals surface area contributed by atoms with Crippen molar-refractivity contribution in [2.75, 3.05) is 24.7 Å². The van der Waals surface area contributed by atoms with Crippen LogP contribution in [0.15, 0.2) is 60.7 Å². The van der Waals surface area contributed by atoms with Gasteiger partial charge >= 0.3 is 6.03 Å². The summed E-state index contributed by atoms with van der Waals surface area (Å²) in [6, 6.07) is 18.3. The Morgan fingerprint density at radius 1 is 1.06 bits per heavy atom. The molecular weight excluding hydrogens is 414 g/mol. The number of nitrogens with zero attached hydrogens (tertiary/aromatic N) is 2. The summed E-state index contributed by atoms with van der Waals surface area (Å²) in [5, 5.41) is 2.96. The zero-order chi connectivity index (χ0) is 22.1. The predicted octanol–water partition coefficient (Wildman–Crippen LogP) is 2.14. The van der Waals surface area contributed by atoms with Gasteiger partial charge in [-0.25, -0.2) is 18.1 Å². The molecule has 0 bridgehead atoms. The van der Waals surface area contributed by atoms with Crippen LogP contribution >= 0.6 is 0 Å². The van der Waals surface area contributed by atoms with Crippen LogP contribution in [0.25, 0.3) is 0 Å². The lowest BCUT2D eigenvalue weighted by atomic mass is 9.83. The van der Waals surface area contributed by atoms with E-state index >= 15 is 0 Å². The number of benzene rings is 2. The quantitative estimate of drug-likeness (QED) is 0.666. The smallest absolute Gasteiger partial charge is 0.319 e. The standard InChI is InChI=1S/C23H27N3O4S/c1-2-25(20-13-14-31(29,30)16-20)17-26-21(27)23(24-22(26)28,19-11-7-4-8-12-19)15-18-9-5-3-6-10-18/h3-12,20H,2,13-17H2,1H3,(H,24,28)/t20-,23+/m0/s1. The maximum absolute atomic E-state index is 13.7. The monoisotopic (exact) mass is 441 g/mol. The fourth-order valence-electron chi connectivity index (χ4n) is 4.52. The zero-order valence-corrected chi connectivity index (χ0v) is 18.3. The second-order valence-corrected chi connectivity index (χ2v) is 10.4. The third kappa shape index (κ3) is 4.22. The molecule has 2 atom stereocenters. The van der Waals surface area contributed by atoms with Gasteiger partial charge in [0, 0.05) is 12.5 Å². The number of sulfone groups is 1. The summed E-state index contributed by atoms with van der Waals surface area (Å²) in [4.78, 5) is 29.9. The molecule has 7 nitrogen and oxygen atoms in total. The predicted molar refractivity (Wildman–Crippen MR) is 118 cm³/mol. The largest absolute Gasteiger partial charge is 0.326 e. The van der Waals surface area contributed by atoms with E-state index < -0.39 is 21.4 Å². The van der Waals surface area contributed by atoms with E-state index in [0.717, 1.165) is 11.1 Å². The molecule has 0 aliphatic carbocycles. The third-order valence-electron chi connectivity index (χ3n) is 6.21. The Kier molecular flexibility index (Phi) is 5.85. The van der Waals surface area contributed by atoms with Crippen LogP contribution in [0.1, 0.15) is 24.5 Å². The summed E-state index contributed by atoms with van der Waals surface area (Å²) in [5.74, 6) is -0.0962. The van der Waals surface area contributed by atoms with E-state index in [1.54, 1.807) is 0 Å². The molecule has 2 aliphatic rings. The van der Waals surface area contributed by atoms with Gasteiger partial charge in [-0.1, -0.05) is 67.6 Å². The molecule has 0 spiro atoms. The minimum atomic E-state index is -3.06. The number of carbonyl (C=O) groups is 2. The van der Waals surface area contributed by atoms with Crippen LogP contribution in [0.5, 0.6) is 0 Å². The van der Waals surface area contributed by atoms with Gasteiger partial charge in [0.1, 0.15) is 0 Å². The molecule has 2 fully saturated rings. The van der Waals surface area contributed by atoms with Crippen molar-refractivity contribution in [2.24, 2.45) is 0 Å².